The van der Waals surface area contributed by atoms with Crippen molar-refractivity contribution in [3.05, 3.63) is 87.0 Å². The Morgan fingerprint density at radius 1 is 1.07 bits per heavy atom. The minimum atomic E-state index is -0.562. The Kier molecular flexibility index (Phi) is 4.76. The number of rotatable bonds is 4. The fraction of sp³-hybridized carbons (Fsp3) is 0.174. The first-order valence-corrected chi connectivity index (χ1v) is 9.17. The van der Waals surface area contributed by atoms with Gasteiger partial charge in [-0.1, -0.05) is 47.6 Å². The third kappa shape index (κ3) is 3.45. The number of aromatic nitrogens is 1. The van der Waals surface area contributed by atoms with Gasteiger partial charge in [-0.05, 0) is 31.9 Å². The molecule has 0 amide bonds. The molecular formula is C23H19NO5. The molecule has 0 fully saturated rings. The Hall–Kier alpha value is -3.67. The lowest BCUT2D eigenvalue weighted by atomic mass is 10.0. The largest absolute Gasteiger partial charge is 0.457 e. The van der Waals surface area contributed by atoms with Gasteiger partial charge < -0.3 is 13.7 Å². The van der Waals surface area contributed by atoms with Crippen LogP contribution in [0.2, 0.25) is 0 Å². The summed E-state index contributed by atoms with van der Waals surface area (Å²) in [6.45, 7) is 5.43. The average Bonchev–Trinajstić information content (AvgIpc) is 3.11. The van der Waals surface area contributed by atoms with Gasteiger partial charge >= 0.3 is 11.6 Å². The molecule has 0 spiro atoms. The lowest BCUT2D eigenvalue weighted by Crippen LogP contribution is -2.09. The van der Waals surface area contributed by atoms with Crippen LogP contribution in [0.5, 0.6) is 0 Å². The van der Waals surface area contributed by atoms with Crippen LogP contribution < -0.4 is 5.63 Å². The molecular weight excluding hydrogens is 370 g/mol. The summed E-state index contributed by atoms with van der Waals surface area (Å²) in [5, 5.41) is 4.75. The van der Waals surface area contributed by atoms with Gasteiger partial charge in [-0.25, -0.2) is 9.59 Å². The van der Waals surface area contributed by atoms with E-state index in [1.54, 1.807) is 6.92 Å². The van der Waals surface area contributed by atoms with E-state index in [0.717, 1.165) is 22.1 Å². The Morgan fingerprint density at radius 3 is 2.59 bits per heavy atom. The summed E-state index contributed by atoms with van der Waals surface area (Å²) in [6, 6.07) is 14.4. The highest BCUT2D eigenvalue weighted by molar-refractivity contribution is 5.97. The van der Waals surface area contributed by atoms with E-state index in [2.05, 4.69) is 5.16 Å². The molecule has 146 valence electrons. The number of hydrogen-bond acceptors (Lipinski definition) is 6. The number of carbonyl (C=O) groups is 1. The fourth-order valence-corrected chi connectivity index (χ4v) is 3.27. The monoisotopic (exact) mass is 389 g/mol. The van der Waals surface area contributed by atoms with Crippen LogP contribution in [0.1, 0.15) is 32.8 Å². The maximum atomic E-state index is 12.8. The maximum Gasteiger partial charge on any atom is 0.344 e. The average molecular weight is 389 g/mol. The highest BCUT2D eigenvalue weighted by atomic mass is 16.5. The Bertz CT molecular complexity index is 1270. The molecule has 2 heterocycles. The lowest BCUT2D eigenvalue weighted by Gasteiger charge is -2.10. The van der Waals surface area contributed by atoms with Crippen LogP contribution in [0.25, 0.3) is 22.2 Å². The zero-order chi connectivity index (χ0) is 20.5. The van der Waals surface area contributed by atoms with Crippen LogP contribution in [0.3, 0.4) is 0 Å². The summed E-state index contributed by atoms with van der Waals surface area (Å²) in [7, 11) is 0. The van der Waals surface area contributed by atoms with Crippen molar-refractivity contribution < 1.29 is 18.5 Å². The topological polar surface area (TPSA) is 82.5 Å². The molecule has 0 aliphatic rings. The van der Waals surface area contributed by atoms with Gasteiger partial charge in [0.2, 0.25) is 0 Å². The number of hydrogen-bond donors (Lipinski definition) is 0. The molecule has 0 atom stereocenters. The van der Waals surface area contributed by atoms with E-state index in [1.165, 1.54) is 6.07 Å². The predicted octanol–water partition coefficient (Wildman–Crippen LogP) is 4.73. The lowest BCUT2D eigenvalue weighted by molar-refractivity contribution is 0.0472. The van der Waals surface area contributed by atoms with Crippen LogP contribution in [0.15, 0.2) is 62.3 Å². The molecule has 29 heavy (non-hydrogen) atoms. The van der Waals surface area contributed by atoms with E-state index in [1.807, 2.05) is 56.3 Å². The summed E-state index contributed by atoms with van der Waals surface area (Å²) < 4.78 is 16.1. The normalized spacial score (nSPS) is 11.0. The zero-order valence-corrected chi connectivity index (χ0v) is 16.3. The molecule has 4 rings (SSSR count). The van der Waals surface area contributed by atoms with Crippen LogP contribution >= 0.6 is 0 Å². The van der Waals surface area contributed by atoms with Crippen molar-refractivity contribution in [1.82, 2.24) is 5.16 Å². The van der Waals surface area contributed by atoms with E-state index in [0.29, 0.717) is 22.6 Å². The number of esters is 1. The number of carbonyl (C=O) groups excluding carboxylic acids is 1. The molecule has 0 aliphatic carbocycles. The van der Waals surface area contributed by atoms with Gasteiger partial charge in [0.1, 0.15) is 29.2 Å². The van der Waals surface area contributed by atoms with E-state index in [4.69, 9.17) is 13.7 Å². The van der Waals surface area contributed by atoms with Crippen molar-refractivity contribution in [3.63, 3.8) is 0 Å². The Morgan fingerprint density at radius 2 is 1.83 bits per heavy atom. The molecule has 4 aromatic rings. The molecule has 2 aromatic heterocycles. The number of ether oxygens (including phenoxy) is 1. The molecule has 0 bridgehead atoms. The second kappa shape index (κ2) is 7.39. The maximum absolute atomic E-state index is 12.8. The highest BCUT2D eigenvalue weighted by Gasteiger charge is 2.23. The number of nitrogens with zero attached hydrogens (tertiary/aromatic N) is 1. The number of fused-ring (bicyclic) bond motifs is 1. The van der Waals surface area contributed by atoms with Gasteiger partial charge in [0.25, 0.3) is 0 Å². The van der Waals surface area contributed by atoms with Gasteiger partial charge in [-0.15, -0.1) is 0 Å². The van der Waals surface area contributed by atoms with Gasteiger partial charge in [0.15, 0.2) is 0 Å². The first-order valence-electron chi connectivity index (χ1n) is 9.17. The molecule has 0 aliphatic heterocycles. The quantitative estimate of drug-likeness (QED) is 0.371. The molecule has 6 heteroatoms. The van der Waals surface area contributed by atoms with Gasteiger partial charge in [0, 0.05) is 22.6 Å². The molecule has 0 radical (unpaired) electrons. The molecule has 6 nitrogen and oxygen atoms in total. The molecule has 2 aromatic carbocycles. The molecule has 0 saturated heterocycles. The van der Waals surface area contributed by atoms with Crippen molar-refractivity contribution >= 4 is 16.9 Å². The Balaban J connectivity index is 1.66. The van der Waals surface area contributed by atoms with Crippen LogP contribution in [-0.4, -0.2) is 11.1 Å². The van der Waals surface area contributed by atoms with Crippen molar-refractivity contribution in [2.24, 2.45) is 0 Å². The van der Waals surface area contributed by atoms with Crippen LogP contribution in [-0.2, 0) is 11.3 Å². The number of benzene rings is 2. The minimum Gasteiger partial charge on any atom is -0.457 e. The third-order valence-corrected chi connectivity index (χ3v) is 4.99. The predicted molar refractivity (Wildman–Crippen MR) is 108 cm³/mol. The van der Waals surface area contributed by atoms with Gasteiger partial charge in [-0.3, -0.25) is 0 Å². The molecule has 0 saturated carbocycles. The summed E-state index contributed by atoms with van der Waals surface area (Å²) in [5.74, 6) is -0.189. The summed E-state index contributed by atoms with van der Waals surface area (Å²) >= 11 is 0. The van der Waals surface area contributed by atoms with E-state index in [-0.39, 0.29) is 12.2 Å². The first-order chi connectivity index (χ1) is 14.0. The van der Waals surface area contributed by atoms with Crippen molar-refractivity contribution in [2.45, 2.75) is 27.4 Å². The minimum absolute atomic E-state index is 0.0672. The first kappa shape index (κ1) is 18.7. The summed E-state index contributed by atoms with van der Waals surface area (Å²) in [5.41, 5.74) is 3.97. The number of aryl methyl sites for hydroxylation is 3. The van der Waals surface area contributed by atoms with Crippen molar-refractivity contribution in [3.8, 4) is 11.3 Å². The second-order valence-corrected chi connectivity index (χ2v) is 6.88. The van der Waals surface area contributed by atoms with Gasteiger partial charge in [0.05, 0.1) is 0 Å². The standard InChI is InChI=1S/C23H19NO5/c1-13-9-10-18-17(11-19(25)28-22(18)14(13)2)12-27-23(26)20-15(3)29-24-21(20)16-7-5-4-6-8-16/h4-11H,12H2,1-3H3. The highest BCUT2D eigenvalue weighted by Crippen LogP contribution is 2.27. The smallest absolute Gasteiger partial charge is 0.344 e. The van der Waals surface area contributed by atoms with Crippen molar-refractivity contribution in [1.29, 1.82) is 0 Å². The van der Waals surface area contributed by atoms with Crippen LogP contribution in [0, 0.1) is 20.8 Å². The van der Waals surface area contributed by atoms with E-state index in [9.17, 15) is 9.59 Å². The van der Waals surface area contributed by atoms with E-state index < -0.39 is 11.6 Å². The second-order valence-electron chi connectivity index (χ2n) is 6.88. The van der Waals surface area contributed by atoms with Crippen molar-refractivity contribution in [2.75, 3.05) is 0 Å². The molecule has 0 N–H and O–H groups in total. The van der Waals surface area contributed by atoms with Gasteiger partial charge in [-0.2, -0.15) is 0 Å². The zero-order valence-electron chi connectivity index (χ0n) is 16.3. The molecule has 0 unspecified atom stereocenters. The Labute approximate surface area is 166 Å². The fourth-order valence-electron chi connectivity index (χ4n) is 3.27. The van der Waals surface area contributed by atoms with Crippen LogP contribution in [0.4, 0.5) is 0 Å². The summed E-state index contributed by atoms with van der Waals surface area (Å²) in [4.78, 5) is 24.8. The SMILES string of the molecule is Cc1ccc2c(COC(=O)c3c(-c4ccccc4)noc3C)cc(=O)oc2c1C. The third-order valence-electron chi connectivity index (χ3n) is 4.99. The summed E-state index contributed by atoms with van der Waals surface area (Å²) in [6.07, 6.45) is 0. The van der Waals surface area contributed by atoms with E-state index >= 15 is 0 Å².